The number of cyclic esters (lactones) is 1. The summed E-state index contributed by atoms with van der Waals surface area (Å²) in [6.07, 6.45) is 4.98. The number of carbonyl (C=O) groups is 4. The number of aromatic nitrogens is 1. The number of primary amides is 1. The Bertz CT molecular complexity index is 1490. The van der Waals surface area contributed by atoms with Gasteiger partial charge in [0.15, 0.2) is 5.72 Å². The summed E-state index contributed by atoms with van der Waals surface area (Å²) in [7, 11) is 1.74. The molecule has 0 radical (unpaired) electrons. The van der Waals surface area contributed by atoms with Crippen molar-refractivity contribution < 1.29 is 37.8 Å². The van der Waals surface area contributed by atoms with E-state index in [-0.39, 0.29) is 41.6 Å². The van der Waals surface area contributed by atoms with E-state index in [0.717, 1.165) is 43.0 Å². The molecule has 12 heteroatoms. The van der Waals surface area contributed by atoms with Crippen LogP contribution in [-0.4, -0.2) is 71.9 Å². The largest absolute Gasteiger partial charge is 0.443 e. The van der Waals surface area contributed by atoms with Gasteiger partial charge < -0.3 is 30.2 Å². The molecule has 2 saturated carbocycles. The van der Waals surface area contributed by atoms with Crippen LogP contribution in [0.2, 0.25) is 0 Å². The molecule has 46 heavy (non-hydrogen) atoms. The molecule has 2 aliphatic carbocycles. The molecular weight excluding hydrogens is 595 g/mol. The maximum Gasteiger partial charge on any atom is 0.404 e. The van der Waals surface area contributed by atoms with Crippen molar-refractivity contribution >= 4 is 40.5 Å². The zero-order valence-electron chi connectivity index (χ0n) is 26.8. The van der Waals surface area contributed by atoms with Gasteiger partial charge in [-0.05, 0) is 114 Å². The molecule has 3 fully saturated rings. The molecule has 1 aromatic carbocycles. The summed E-state index contributed by atoms with van der Waals surface area (Å²) in [4.78, 5) is 53.7. The number of benzene rings is 1. The maximum atomic E-state index is 14.2. The smallest absolute Gasteiger partial charge is 0.404 e. The number of hydrogen-bond acceptors (Lipinski definition) is 7. The predicted molar refractivity (Wildman–Crippen MR) is 168 cm³/mol. The van der Waals surface area contributed by atoms with Crippen LogP contribution in [0.15, 0.2) is 24.3 Å². The standard InChI is InChI=1S/C34H45FN4O7/c1-34(2)39-26-13-10-23(16-22(26)17-27(39)32(42)46-34)37-30(40)29-25(19-8-11-24(44-3)12-9-19)14-15-38(29)31(41)21-6-4-20(5-7-21)28(18-35)45-33(36)43/h10,13,16-17,19-21,24-25,28-29H,4-9,11-12,14-15,18H2,1-3H3,(H2,36,43)(H,37,40)/t19-,20-,21-,24-,25-,28+,29-/m0/s1. The zero-order valence-corrected chi connectivity index (χ0v) is 26.8. The third-order valence-corrected chi connectivity index (χ3v) is 10.9. The average molecular weight is 641 g/mol. The molecule has 2 aliphatic heterocycles. The molecular formula is C34H45FN4O7. The lowest BCUT2D eigenvalue weighted by molar-refractivity contribution is -0.142. The fourth-order valence-electron chi connectivity index (χ4n) is 8.59. The van der Waals surface area contributed by atoms with E-state index in [1.54, 1.807) is 18.1 Å². The highest BCUT2D eigenvalue weighted by atomic mass is 19.1. The second-order valence-electron chi connectivity index (χ2n) is 13.9. The van der Waals surface area contributed by atoms with Gasteiger partial charge in [0.2, 0.25) is 11.8 Å². The minimum atomic E-state index is -0.996. The molecule has 11 nitrogen and oxygen atoms in total. The van der Waals surface area contributed by atoms with E-state index in [4.69, 9.17) is 19.9 Å². The van der Waals surface area contributed by atoms with E-state index < -0.39 is 30.6 Å². The lowest BCUT2D eigenvalue weighted by Gasteiger charge is -2.37. The Kier molecular flexibility index (Phi) is 9.02. The number of hydrogen-bond donors (Lipinski definition) is 2. The van der Waals surface area contributed by atoms with Crippen LogP contribution >= 0.6 is 0 Å². The molecule has 3 atom stereocenters. The first-order valence-electron chi connectivity index (χ1n) is 16.6. The quantitative estimate of drug-likeness (QED) is 0.382. The summed E-state index contributed by atoms with van der Waals surface area (Å²) in [6.45, 7) is 3.37. The van der Waals surface area contributed by atoms with E-state index >= 15 is 0 Å². The van der Waals surface area contributed by atoms with Gasteiger partial charge in [-0.3, -0.25) is 14.2 Å². The van der Waals surface area contributed by atoms with Crippen molar-refractivity contribution in [2.75, 3.05) is 25.6 Å². The molecule has 0 spiro atoms. The zero-order chi connectivity index (χ0) is 32.7. The van der Waals surface area contributed by atoms with Gasteiger partial charge in [-0.2, -0.15) is 0 Å². The van der Waals surface area contributed by atoms with Crippen molar-refractivity contribution in [1.29, 1.82) is 0 Å². The number of amides is 3. The van der Waals surface area contributed by atoms with Crippen LogP contribution in [0, 0.1) is 23.7 Å². The number of anilines is 1. The lowest BCUT2D eigenvalue weighted by atomic mass is 9.75. The molecule has 3 heterocycles. The van der Waals surface area contributed by atoms with Gasteiger partial charge in [0.1, 0.15) is 24.5 Å². The van der Waals surface area contributed by atoms with Crippen LogP contribution in [0.4, 0.5) is 14.9 Å². The SMILES string of the molecule is CO[C@H]1CC[C@H]([C@@H]2CCN(C(=O)[C@H]3CC[C@H]([C@@H](CF)OC(N)=O)CC3)[C@@H]2C(=O)Nc2ccc3c(c2)cc2n3C(C)(C)OC2=O)CC1. The van der Waals surface area contributed by atoms with Crippen molar-refractivity contribution in [3.8, 4) is 0 Å². The summed E-state index contributed by atoms with van der Waals surface area (Å²) < 4.78 is 31.5. The fourth-order valence-corrected chi connectivity index (χ4v) is 8.59. The summed E-state index contributed by atoms with van der Waals surface area (Å²) in [6, 6.07) is 6.73. The summed E-state index contributed by atoms with van der Waals surface area (Å²) >= 11 is 0. The topological polar surface area (TPSA) is 142 Å². The van der Waals surface area contributed by atoms with Gasteiger partial charge in [0, 0.05) is 30.6 Å². The van der Waals surface area contributed by atoms with Gasteiger partial charge in [-0.15, -0.1) is 0 Å². The Labute approximate surface area is 268 Å². The minimum absolute atomic E-state index is 0.0237. The first kappa shape index (κ1) is 32.3. The third kappa shape index (κ3) is 6.08. The Balaban J connectivity index is 1.20. The molecule has 6 rings (SSSR count). The van der Waals surface area contributed by atoms with Gasteiger partial charge >= 0.3 is 12.1 Å². The second-order valence-corrected chi connectivity index (χ2v) is 13.9. The highest BCUT2D eigenvalue weighted by Gasteiger charge is 2.48. The Hall–Kier alpha value is -3.67. The number of ether oxygens (including phenoxy) is 3. The molecule has 3 N–H and O–H groups in total. The first-order chi connectivity index (χ1) is 22.0. The summed E-state index contributed by atoms with van der Waals surface area (Å²) in [5.41, 5.74) is 6.23. The molecule has 1 saturated heterocycles. The number of nitrogens with zero attached hydrogens (tertiary/aromatic N) is 2. The Morgan fingerprint density at radius 2 is 1.78 bits per heavy atom. The molecule has 4 aliphatic rings. The van der Waals surface area contributed by atoms with E-state index in [2.05, 4.69) is 5.32 Å². The average Bonchev–Trinajstić information content (AvgIpc) is 3.71. The van der Waals surface area contributed by atoms with Crippen molar-refractivity contribution in [2.24, 2.45) is 29.4 Å². The van der Waals surface area contributed by atoms with Gasteiger partial charge in [-0.1, -0.05) is 0 Å². The van der Waals surface area contributed by atoms with E-state index in [9.17, 15) is 23.6 Å². The van der Waals surface area contributed by atoms with Crippen LogP contribution in [0.5, 0.6) is 0 Å². The molecule has 0 unspecified atom stereocenters. The van der Waals surface area contributed by atoms with Crippen LogP contribution < -0.4 is 11.1 Å². The third-order valence-electron chi connectivity index (χ3n) is 10.9. The highest BCUT2D eigenvalue weighted by molar-refractivity contribution is 6.02. The lowest BCUT2D eigenvalue weighted by Crippen LogP contribution is -2.50. The van der Waals surface area contributed by atoms with Crippen molar-refractivity contribution in [3.05, 3.63) is 30.0 Å². The first-order valence-corrected chi connectivity index (χ1v) is 16.6. The van der Waals surface area contributed by atoms with E-state index in [1.165, 1.54) is 0 Å². The normalized spacial score (nSPS) is 29.7. The number of nitrogens with two attached hydrogens (primary N) is 1. The molecule has 2 aromatic rings. The van der Waals surface area contributed by atoms with Crippen molar-refractivity contribution in [3.63, 3.8) is 0 Å². The van der Waals surface area contributed by atoms with Gasteiger partial charge in [0.05, 0.1) is 11.6 Å². The number of halogens is 1. The monoisotopic (exact) mass is 640 g/mol. The van der Waals surface area contributed by atoms with Gasteiger partial charge in [0.25, 0.3) is 0 Å². The van der Waals surface area contributed by atoms with Crippen LogP contribution in [-0.2, 0) is 29.5 Å². The summed E-state index contributed by atoms with van der Waals surface area (Å²) in [5.74, 6) is -0.788. The van der Waals surface area contributed by atoms with Gasteiger partial charge in [-0.25, -0.2) is 14.0 Å². The van der Waals surface area contributed by atoms with E-state index in [1.807, 2.05) is 36.6 Å². The van der Waals surface area contributed by atoms with Crippen LogP contribution in [0.1, 0.15) is 82.1 Å². The second kappa shape index (κ2) is 12.8. The van der Waals surface area contributed by atoms with Crippen LogP contribution in [0.25, 0.3) is 10.9 Å². The van der Waals surface area contributed by atoms with Crippen LogP contribution in [0.3, 0.4) is 0 Å². The summed E-state index contributed by atoms with van der Waals surface area (Å²) in [5, 5.41) is 3.93. The van der Waals surface area contributed by atoms with Crippen molar-refractivity contribution in [2.45, 2.75) is 95.6 Å². The molecule has 0 bridgehead atoms. The number of likely N-dealkylation sites (tertiary alicyclic amines) is 1. The van der Waals surface area contributed by atoms with Crippen molar-refractivity contribution in [1.82, 2.24) is 9.47 Å². The number of nitrogens with one attached hydrogen (secondary N) is 1. The number of fused-ring (bicyclic) bond motifs is 3. The predicted octanol–water partition coefficient (Wildman–Crippen LogP) is 5.10. The minimum Gasteiger partial charge on any atom is -0.443 e. The number of rotatable bonds is 8. The highest BCUT2D eigenvalue weighted by Crippen LogP contribution is 2.42. The Morgan fingerprint density at radius 1 is 1.07 bits per heavy atom. The number of methoxy groups -OCH3 is 1. The molecule has 3 amide bonds. The number of alkyl halides is 1. The number of carbonyl (C=O) groups excluding carboxylic acids is 4. The maximum absolute atomic E-state index is 14.2. The fraction of sp³-hybridized carbons (Fsp3) is 0.647. The van der Waals surface area contributed by atoms with E-state index in [0.29, 0.717) is 49.5 Å². The number of esters is 1. The Morgan fingerprint density at radius 3 is 2.43 bits per heavy atom. The molecule has 1 aromatic heterocycles. The molecule has 250 valence electrons.